The van der Waals surface area contributed by atoms with Crippen molar-refractivity contribution in [2.45, 2.75) is 17.7 Å². The molecule has 1 fully saturated rings. The van der Waals surface area contributed by atoms with Crippen molar-refractivity contribution < 1.29 is 27.5 Å². The molecule has 1 saturated heterocycles. The van der Waals surface area contributed by atoms with Gasteiger partial charge in [-0.1, -0.05) is 18.2 Å². The van der Waals surface area contributed by atoms with Crippen LogP contribution in [0.5, 0.6) is 11.5 Å². The van der Waals surface area contributed by atoms with E-state index in [2.05, 4.69) is 10.6 Å². The summed E-state index contributed by atoms with van der Waals surface area (Å²) in [6.07, 6.45) is 1.14. The first-order chi connectivity index (χ1) is 14.9. The summed E-state index contributed by atoms with van der Waals surface area (Å²) in [5, 5.41) is 5.30. The number of hydrogen-bond donors (Lipinski definition) is 2. The number of ether oxygens (including phenoxy) is 2. The third-order valence-electron chi connectivity index (χ3n) is 5.22. The van der Waals surface area contributed by atoms with E-state index in [0.29, 0.717) is 36.6 Å². The zero-order valence-electron chi connectivity index (χ0n) is 16.7. The van der Waals surface area contributed by atoms with Gasteiger partial charge in [0.15, 0.2) is 11.5 Å². The zero-order valence-corrected chi connectivity index (χ0v) is 17.6. The molecule has 0 aromatic heterocycles. The Morgan fingerprint density at radius 1 is 1.06 bits per heavy atom. The van der Waals surface area contributed by atoms with Crippen LogP contribution >= 0.6 is 0 Å². The van der Waals surface area contributed by atoms with Gasteiger partial charge >= 0.3 is 0 Å². The van der Waals surface area contributed by atoms with Crippen LogP contribution in [-0.4, -0.2) is 51.0 Å². The number of carbonyl (C=O) groups is 2. The van der Waals surface area contributed by atoms with Gasteiger partial charge in [0.25, 0.3) is 0 Å². The van der Waals surface area contributed by atoms with E-state index in [4.69, 9.17) is 9.47 Å². The summed E-state index contributed by atoms with van der Waals surface area (Å²) < 4.78 is 37.5. The van der Waals surface area contributed by atoms with Crippen LogP contribution < -0.4 is 20.1 Å². The first kappa shape index (κ1) is 21.1. The number of amides is 2. The number of carbonyl (C=O) groups excluding carboxylic acids is 2. The molecule has 2 N–H and O–H groups in total. The monoisotopic (exact) mass is 445 g/mol. The Morgan fingerprint density at radius 3 is 2.65 bits per heavy atom. The molecule has 4 rings (SSSR count). The second-order valence-corrected chi connectivity index (χ2v) is 9.29. The van der Waals surface area contributed by atoms with Crippen LogP contribution in [-0.2, 0) is 19.6 Å². The minimum Gasteiger partial charge on any atom is -0.454 e. The molecule has 0 radical (unpaired) electrons. The molecule has 2 aliphatic rings. The molecule has 164 valence electrons. The third-order valence-corrected chi connectivity index (χ3v) is 7.09. The molecule has 2 aromatic rings. The molecule has 0 saturated carbocycles. The van der Waals surface area contributed by atoms with Gasteiger partial charge in [0, 0.05) is 24.8 Å². The van der Waals surface area contributed by atoms with E-state index < -0.39 is 21.8 Å². The van der Waals surface area contributed by atoms with E-state index in [1.165, 1.54) is 4.31 Å². The third kappa shape index (κ3) is 4.80. The zero-order chi connectivity index (χ0) is 21.8. The smallest absolute Gasteiger partial charge is 0.243 e. The number of rotatable bonds is 6. The maximum atomic E-state index is 12.8. The van der Waals surface area contributed by atoms with E-state index >= 15 is 0 Å². The number of nitrogens with one attached hydrogen (secondary N) is 2. The van der Waals surface area contributed by atoms with Gasteiger partial charge < -0.3 is 20.1 Å². The Balaban J connectivity index is 1.30. The molecule has 2 amide bonds. The van der Waals surface area contributed by atoms with E-state index in [9.17, 15) is 18.0 Å². The Labute approximate surface area is 180 Å². The van der Waals surface area contributed by atoms with E-state index in [1.807, 2.05) is 0 Å². The van der Waals surface area contributed by atoms with Crippen LogP contribution in [0, 0.1) is 5.92 Å². The van der Waals surface area contributed by atoms with Gasteiger partial charge in [0.05, 0.1) is 17.4 Å². The largest absolute Gasteiger partial charge is 0.454 e. The number of fused-ring (bicyclic) bond motifs is 1. The number of sulfonamides is 1. The van der Waals surface area contributed by atoms with E-state index in [0.717, 1.165) is 0 Å². The lowest BCUT2D eigenvalue weighted by Crippen LogP contribution is -2.46. The lowest BCUT2D eigenvalue weighted by atomic mass is 9.99. The van der Waals surface area contributed by atoms with Crippen molar-refractivity contribution in [1.82, 2.24) is 9.62 Å². The highest BCUT2D eigenvalue weighted by Gasteiger charge is 2.33. The predicted octanol–water partition coefficient (Wildman–Crippen LogP) is 1.57. The molecule has 2 aromatic carbocycles. The Morgan fingerprint density at radius 2 is 1.84 bits per heavy atom. The molecule has 9 nitrogen and oxygen atoms in total. The number of nitrogens with zero attached hydrogens (tertiary/aromatic N) is 1. The maximum absolute atomic E-state index is 12.8. The van der Waals surface area contributed by atoms with Gasteiger partial charge in [0.1, 0.15) is 0 Å². The molecule has 0 bridgehead atoms. The van der Waals surface area contributed by atoms with Crippen molar-refractivity contribution >= 4 is 27.5 Å². The molecule has 1 atom stereocenters. The van der Waals surface area contributed by atoms with Gasteiger partial charge in [-0.2, -0.15) is 4.31 Å². The predicted molar refractivity (Wildman–Crippen MR) is 112 cm³/mol. The van der Waals surface area contributed by atoms with Crippen LogP contribution in [0.15, 0.2) is 53.4 Å². The van der Waals surface area contributed by atoms with E-state index in [1.54, 1.807) is 48.5 Å². The minimum atomic E-state index is -3.65. The summed E-state index contributed by atoms with van der Waals surface area (Å²) in [5.74, 6) is -0.0847. The molecule has 0 spiro atoms. The van der Waals surface area contributed by atoms with Gasteiger partial charge in [-0.05, 0) is 37.1 Å². The van der Waals surface area contributed by atoms with Crippen molar-refractivity contribution in [2.24, 2.45) is 5.92 Å². The first-order valence-electron chi connectivity index (χ1n) is 9.96. The average molecular weight is 445 g/mol. The average Bonchev–Trinajstić information content (AvgIpc) is 3.26. The second-order valence-electron chi connectivity index (χ2n) is 7.35. The Bertz CT molecular complexity index is 1070. The summed E-state index contributed by atoms with van der Waals surface area (Å²) in [6, 6.07) is 13.2. The van der Waals surface area contributed by atoms with Crippen LogP contribution in [0.25, 0.3) is 0 Å². The molecular formula is C21H23N3O6S. The number of anilines is 1. The first-order valence-corrected chi connectivity index (χ1v) is 11.4. The van der Waals surface area contributed by atoms with Crippen molar-refractivity contribution in [3.05, 3.63) is 48.5 Å². The van der Waals surface area contributed by atoms with Gasteiger partial charge in [0.2, 0.25) is 28.6 Å². The summed E-state index contributed by atoms with van der Waals surface area (Å²) in [5.41, 5.74) is 0.529. The van der Waals surface area contributed by atoms with Crippen LogP contribution in [0.3, 0.4) is 0 Å². The second kappa shape index (κ2) is 8.94. The van der Waals surface area contributed by atoms with Gasteiger partial charge in [-0.15, -0.1) is 0 Å². The molecule has 2 heterocycles. The molecule has 0 unspecified atom stereocenters. The fourth-order valence-electron chi connectivity index (χ4n) is 3.61. The van der Waals surface area contributed by atoms with Gasteiger partial charge in [-0.25, -0.2) is 8.42 Å². The molecule has 2 aliphatic heterocycles. The normalized spacial score (nSPS) is 18.4. The van der Waals surface area contributed by atoms with Gasteiger partial charge in [-0.3, -0.25) is 9.59 Å². The Hall–Kier alpha value is -3.11. The van der Waals surface area contributed by atoms with Crippen LogP contribution in [0.4, 0.5) is 5.69 Å². The van der Waals surface area contributed by atoms with E-state index in [-0.39, 0.29) is 30.7 Å². The molecule has 10 heteroatoms. The standard InChI is InChI=1S/C21H23N3O6S/c25-20(23-16-8-9-18-19(11-16)30-14-29-18)12-22-21(26)15-5-4-10-24(13-15)31(27,28)17-6-2-1-3-7-17/h1-3,6-9,11,15H,4-5,10,12-14H2,(H,22,26)(H,23,25)/t15-/m1/s1. The number of piperidine rings is 1. The topological polar surface area (TPSA) is 114 Å². The van der Waals surface area contributed by atoms with Crippen molar-refractivity contribution in [1.29, 1.82) is 0 Å². The maximum Gasteiger partial charge on any atom is 0.243 e. The highest BCUT2D eigenvalue weighted by molar-refractivity contribution is 7.89. The highest BCUT2D eigenvalue weighted by Crippen LogP contribution is 2.34. The molecule has 0 aliphatic carbocycles. The van der Waals surface area contributed by atoms with Crippen LogP contribution in [0.2, 0.25) is 0 Å². The summed E-state index contributed by atoms with van der Waals surface area (Å²) in [4.78, 5) is 25.0. The number of hydrogen-bond acceptors (Lipinski definition) is 6. The Kier molecular flexibility index (Phi) is 6.10. The SMILES string of the molecule is O=C(CNC(=O)[C@@H]1CCCN(S(=O)(=O)c2ccccc2)C1)Nc1ccc2c(c1)OCO2. The van der Waals surface area contributed by atoms with Crippen molar-refractivity contribution in [3.63, 3.8) is 0 Å². The molecular weight excluding hydrogens is 422 g/mol. The molecule has 31 heavy (non-hydrogen) atoms. The highest BCUT2D eigenvalue weighted by atomic mass is 32.2. The summed E-state index contributed by atoms with van der Waals surface area (Å²) in [6.45, 7) is 0.384. The lowest BCUT2D eigenvalue weighted by molar-refractivity contribution is -0.128. The van der Waals surface area contributed by atoms with Crippen molar-refractivity contribution in [3.8, 4) is 11.5 Å². The van der Waals surface area contributed by atoms with Crippen molar-refractivity contribution in [2.75, 3.05) is 31.7 Å². The summed E-state index contributed by atoms with van der Waals surface area (Å²) in [7, 11) is -3.65. The minimum absolute atomic E-state index is 0.0901. The number of benzene rings is 2. The van der Waals surface area contributed by atoms with Crippen LogP contribution in [0.1, 0.15) is 12.8 Å². The fourth-order valence-corrected chi connectivity index (χ4v) is 5.15. The summed E-state index contributed by atoms with van der Waals surface area (Å²) >= 11 is 0. The fraction of sp³-hybridized carbons (Fsp3) is 0.333. The lowest BCUT2D eigenvalue weighted by Gasteiger charge is -2.31. The quantitative estimate of drug-likeness (QED) is 0.698.